The summed E-state index contributed by atoms with van der Waals surface area (Å²) in [5.41, 5.74) is 0. The number of halogens is 1. The average Bonchev–Trinajstić information content (AvgIpc) is 2.01. The predicted molar refractivity (Wildman–Crippen MR) is 47.8 cm³/mol. The van der Waals surface area contributed by atoms with E-state index in [1.54, 1.807) is 22.6 Å². The lowest BCUT2D eigenvalue weighted by atomic mass is 10.0. The molecule has 1 fully saturated rings. The fourth-order valence-electron chi connectivity index (χ4n) is 1.03. The first kappa shape index (κ1) is 10.6. The summed E-state index contributed by atoms with van der Waals surface area (Å²) in [5, 5.41) is 36.6. The summed E-state index contributed by atoms with van der Waals surface area (Å²) in [4.78, 5) is 0. The van der Waals surface area contributed by atoms with Gasteiger partial charge in [-0.3, -0.25) is 0 Å². The Morgan fingerprint density at radius 1 is 1.50 bits per heavy atom. The summed E-state index contributed by atoms with van der Waals surface area (Å²) >= 11 is 1.60. The van der Waals surface area contributed by atoms with E-state index in [-0.39, 0.29) is 13.2 Å². The number of rotatable bonds is 1. The van der Waals surface area contributed by atoms with Crippen molar-refractivity contribution in [3.8, 4) is 0 Å². The lowest BCUT2D eigenvalue weighted by Crippen LogP contribution is -2.58. The molecule has 4 atom stereocenters. The molecule has 1 heterocycles. The highest BCUT2D eigenvalue weighted by atomic mass is 127. The molecular weight excluding hydrogens is 279 g/mol. The number of aliphatic hydroxyl groups excluding tert-OH is 3. The molecule has 0 radical (unpaired) electrons. The Labute approximate surface area is 83.1 Å². The first-order valence-corrected chi connectivity index (χ1v) is 4.57. The summed E-state index contributed by atoms with van der Waals surface area (Å²) in [7, 11) is 0. The zero-order chi connectivity index (χ0) is 9.35. The number of ether oxygens (including phenoxy) is 1. The highest BCUT2D eigenvalue weighted by Crippen LogP contribution is 2.29. The molecule has 0 aromatic heterocycles. The van der Waals surface area contributed by atoms with Crippen molar-refractivity contribution in [2.75, 3.05) is 13.2 Å². The van der Waals surface area contributed by atoms with Gasteiger partial charge < -0.3 is 25.2 Å². The first-order chi connectivity index (χ1) is 5.49. The molecule has 0 aromatic rings. The molecule has 5 nitrogen and oxygen atoms in total. The topological polar surface area (TPSA) is 90.2 Å². The molecule has 1 aliphatic rings. The Bertz CT molecular complexity index is 162. The van der Waals surface area contributed by atoms with Crippen molar-refractivity contribution >= 4 is 22.6 Å². The number of hydrogen-bond acceptors (Lipinski definition) is 5. The van der Waals surface area contributed by atoms with E-state index in [0.717, 1.165) is 0 Å². The maximum absolute atomic E-state index is 9.40. The van der Waals surface area contributed by atoms with Gasteiger partial charge in [0.15, 0.2) is 3.61 Å². The van der Waals surface area contributed by atoms with Gasteiger partial charge in [0.2, 0.25) is 0 Å². The minimum atomic E-state index is -1.47. The second-order valence-corrected chi connectivity index (χ2v) is 4.65. The third kappa shape index (κ3) is 1.88. The lowest BCUT2D eigenvalue weighted by molar-refractivity contribution is -0.201. The van der Waals surface area contributed by atoms with E-state index in [0.29, 0.717) is 0 Å². The number of alkyl halides is 1. The van der Waals surface area contributed by atoms with Gasteiger partial charge in [-0.1, -0.05) is 0 Å². The van der Waals surface area contributed by atoms with Crippen LogP contribution in [0.5, 0.6) is 0 Å². The van der Waals surface area contributed by atoms with Gasteiger partial charge in [-0.05, 0) is 22.6 Å². The molecule has 0 spiro atoms. The second-order valence-electron chi connectivity index (χ2n) is 2.79. The molecule has 72 valence electrons. The summed E-state index contributed by atoms with van der Waals surface area (Å²) in [5.74, 6) is 0. The smallest absolute Gasteiger partial charge is 0.167 e. The molecule has 1 saturated heterocycles. The summed E-state index contributed by atoms with van der Waals surface area (Å²) in [6.45, 7) is -0.470. The van der Waals surface area contributed by atoms with Gasteiger partial charge in [0.25, 0.3) is 0 Å². The Morgan fingerprint density at radius 3 is 2.58 bits per heavy atom. The molecule has 0 aromatic carbocycles. The van der Waals surface area contributed by atoms with Crippen molar-refractivity contribution in [2.24, 2.45) is 0 Å². The number of hydrogen-bond donors (Lipinski definition) is 4. The Morgan fingerprint density at radius 2 is 2.08 bits per heavy atom. The van der Waals surface area contributed by atoms with Gasteiger partial charge in [0.05, 0.1) is 13.2 Å². The zero-order valence-corrected chi connectivity index (χ0v) is 8.38. The van der Waals surface area contributed by atoms with Crippen LogP contribution in [-0.2, 0) is 4.74 Å². The van der Waals surface area contributed by atoms with Crippen molar-refractivity contribution in [2.45, 2.75) is 21.9 Å². The lowest BCUT2D eigenvalue weighted by Gasteiger charge is -2.39. The van der Waals surface area contributed by atoms with Crippen molar-refractivity contribution in [1.29, 1.82) is 0 Å². The van der Waals surface area contributed by atoms with Crippen LogP contribution in [0.25, 0.3) is 0 Å². The molecule has 1 rings (SSSR count). The first-order valence-electron chi connectivity index (χ1n) is 3.49. The van der Waals surface area contributed by atoms with Crippen LogP contribution in [0.15, 0.2) is 0 Å². The molecule has 4 N–H and O–H groups in total. The van der Waals surface area contributed by atoms with Crippen LogP contribution in [0.3, 0.4) is 0 Å². The molecule has 0 amide bonds. The Hall–Kier alpha value is 0.530. The predicted octanol–water partition coefficient (Wildman–Crippen LogP) is -1.78. The molecule has 0 unspecified atom stereocenters. The van der Waals surface area contributed by atoms with Crippen LogP contribution >= 0.6 is 22.6 Å². The molecule has 0 bridgehead atoms. The SMILES string of the molecule is OC[C@H]1OC[C@@](O)(I)[C@@H](O)[C@H]1O. The molecule has 1 aliphatic heterocycles. The molecule has 0 aliphatic carbocycles. The third-order valence-electron chi connectivity index (χ3n) is 1.84. The highest BCUT2D eigenvalue weighted by Gasteiger charge is 2.46. The third-order valence-corrected chi connectivity index (χ3v) is 2.79. The van der Waals surface area contributed by atoms with Gasteiger partial charge in [-0.15, -0.1) is 0 Å². The Kier molecular flexibility index (Phi) is 3.29. The molecule has 0 saturated carbocycles. The fraction of sp³-hybridized carbons (Fsp3) is 1.00. The van der Waals surface area contributed by atoms with Gasteiger partial charge >= 0.3 is 0 Å². The van der Waals surface area contributed by atoms with Crippen LogP contribution in [-0.4, -0.2) is 55.6 Å². The van der Waals surface area contributed by atoms with Crippen molar-refractivity contribution in [3.63, 3.8) is 0 Å². The maximum atomic E-state index is 9.40. The van der Waals surface area contributed by atoms with Gasteiger partial charge in [0.1, 0.15) is 18.3 Å². The summed E-state index contributed by atoms with van der Waals surface area (Å²) in [6.07, 6.45) is -3.34. The summed E-state index contributed by atoms with van der Waals surface area (Å²) in [6, 6.07) is 0. The normalized spacial score (nSPS) is 49.2. The quantitative estimate of drug-likeness (QED) is 0.339. The molecule has 6 heteroatoms. The minimum absolute atomic E-state index is 0.100. The second kappa shape index (κ2) is 3.72. The number of aliphatic hydroxyl groups is 4. The summed E-state index contributed by atoms with van der Waals surface area (Å²) < 4.78 is 3.44. The van der Waals surface area contributed by atoms with Crippen LogP contribution in [0.2, 0.25) is 0 Å². The van der Waals surface area contributed by atoms with Crippen molar-refractivity contribution in [1.82, 2.24) is 0 Å². The Balaban J connectivity index is 2.65. The molecular formula is C6H11IO5. The van der Waals surface area contributed by atoms with E-state index in [4.69, 9.17) is 9.84 Å². The minimum Gasteiger partial charge on any atom is -0.394 e. The zero-order valence-electron chi connectivity index (χ0n) is 6.22. The maximum Gasteiger partial charge on any atom is 0.167 e. The van der Waals surface area contributed by atoms with Crippen LogP contribution in [0.1, 0.15) is 0 Å². The standard InChI is InChI=1S/C6H11IO5/c7-6(11)2-12-3(1-8)4(9)5(6)10/h3-5,8-11H,1-2H2/t3-,4+,5+,6+/m1/s1. The van der Waals surface area contributed by atoms with Crippen molar-refractivity contribution < 1.29 is 25.2 Å². The van der Waals surface area contributed by atoms with Gasteiger partial charge in [0, 0.05) is 0 Å². The van der Waals surface area contributed by atoms with E-state index in [2.05, 4.69) is 0 Å². The van der Waals surface area contributed by atoms with E-state index in [1.165, 1.54) is 0 Å². The van der Waals surface area contributed by atoms with Crippen molar-refractivity contribution in [3.05, 3.63) is 0 Å². The van der Waals surface area contributed by atoms with Crippen LogP contribution < -0.4 is 0 Å². The average molecular weight is 290 g/mol. The highest BCUT2D eigenvalue weighted by molar-refractivity contribution is 14.1. The van der Waals surface area contributed by atoms with E-state index >= 15 is 0 Å². The van der Waals surface area contributed by atoms with E-state index < -0.39 is 21.9 Å². The van der Waals surface area contributed by atoms with Gasteiger partial charge in [-0.25, -0.2) is 0 Å². The van der Waals surface area contributed by atoms with Crippen LogP contribution in [0.4, 0.5) is 0 Å². The van der Waals surface area contributed by atoms with Crippen LogP contribution in [0, 0.1) is 0 Å². The van der Waals surface area contributed by atoms with Gasteiger partial charge in [-0.2, -0.15) is 0 Å². The fourth-order valence-corrected chi connectivity index (χ4v) is 1.58. The van der Waals surface area contributed by atoms with E-state index in [9.17, 15) is 15.3 Å². The molecule has 12 heavy (non-hydrogen) atoms. The largest absolute Gasteiger partial charge is 0.394 e. The monoisotopic (exact) mass is 290 g/mol. The van der Waals surface area contributed by atoms with E-state index in [1.807, 2.05) is 0 Å².